The summed E-state index contributed by atoms with van der Waals surface area (Å²) in [6, 6.07) is 3.88. The lowest BCUT2D eigenvalue weighted by molar-refractivity contribution is -0.120. The van der Waals surface area contributed by atoms with Crippen molar-refractivity contribution in [3.8, 4) is 10.8 Å². The summed E-state index contributed by atoms with van der Waals surface area (Å²) in [5, 5.41) is 17.6. The number of carbonyl (C=O) groups excluding carboxylic acids is 1. The molecule has 2 atom stereocenters. The number of oxazole rings is 1. The minimum absolute atomic E-state index is 0.0732. The van der Waals surface area contributed by atoms with E-state index in [-0.39, 0.29) is 24.3 Å². The molecule has 1 amide bonds. The average Bonchev–Trinajstić information content (AvgIpc) is 3.19. The molecule has 0 spiro atoms. The number of rotatable bonds is 5. The molecule has 1 fully saturated rings. The molecule has 3 N–H and O–H groups in total. The smallest absolute Gasteiger partial charge is 0.236 e. The second kappa shape index (κ2) is 6.60. The average molecular weight is 321 g/mol. The molecule has 2 unspecified atom stereocenters. The maximum absolute atomic E-state index is 12.0. The van der Waals surface area contributed by atoms with E-state index in [0.717, 1.165) is 11.4 Å². The number of aliphatic hydroxyl groups excluding tert-OH is 1. The monoisotopic (exact) mass is 321 g/mol. The summed E-state index contributed by atoms with van der Waals surface area (Å²) in [4.78, 5) is 17.4. The third-order valence-electron chi connectivity index (χ3n) is 3.82. The van der Waals surface area contributed by atoms with Gasteiger partial charge in [-0.15, -0.1) is 11.3 Å². The Morgan fingerprint density at radius 1 is 1.59 bits per heavy atom. The summed E-state index contributed by atoms with van der Waals surface area (Å²) in [5.41, 5.74) is 0.658. The van der Waals surface area contributed by atoms with Crippen molar-refractivity contribution in [2.45, 2.75) is 19.4 Å². The zero-order chi connectivity index (χ0) is 15.5. The predicted octanol–water partition coefficient (Wildman–Crippen LogP) is 0.951. The van der Waals surface area contributed by atoms with Crippen LogP contribution in [0.5, 0.6) is 0 Å². The van der Waals surface area contributed by atoms with Crippen molar-refractivity contribution in [1.29, 1.82) is 0 Å². The van der Waals surface area contributed by atoms with E-state index in [2.05, 4.69) is 15.6 Å². The lowest BCUT2D eigenvalue weighted by atomic mass is 10.1. The van der Waals surface area contributed by atoms with Crippen molar-refractivity contribution >= 4 is 17.2 Å². The number of amides is 1. The van der Waals surface area contributed by atoms with Crippen LogP contribution in [0.25, 0.3) is 10.8 Å². The Labute approximate surface area is 132 Å². The SMILES string of the molecule is Cc1oc(-c2cccs2)nc1CC(=O)NCC1CNCC1O. The highest BCUT2D eigenvalue weighted by Gasteiger charge is 2.25. The molecular weight excluding hydrogens is 302 g/mol. The van der Waals surface area contributed by atoms with E-state index < -0.39 is 0 Å². The molecule has 1 aliphatic heterocycles. The third kappa shape index (κ3) is 3.37. The Morgan fingerprint density at radius 3 is 3.14 bits per heavy atom. The topological polar surface area (TPSA) is 87.4 Å². The van der Waals surface area contributed by atoms with Gasteiger partial charge in [-0.05, 0) is 18.4 Å². The van der Waals surface area contributed by atoms with Crippen LogP contribution in [0, 0.1) is 12.8 Å². The summed E-state index contributed by atoms with van der Waals surface area (Å²) in [5.74, 6) is 1.20. The quantitative estimate of drug-likeness (QED) is 0.763. The second-order valence-corrected chi connectivity index (χ2v) is 6.41. The van der Waals surface area contributed by atoms with Crippen molar-refractivity contribution in [2.75, 3.05) is 19.6 Å². The second-order valence-electron chi connectivity index (χ2n) is 5.47. The van der Waals surface area contributed by atoms with Crippen LogP contribution >= 0.6 is 11.3 Å². The first-order valence-corrected chi connectivity index (χ1v) is 8.17. The van der Waals surface area contributed by atoms with Gasteiger partial charge in [-0.2, -0.15) is 0 Å². The standard InChI is InChI=1S/C15H19N3O3S/c1-9-11(18-15(21-9)13-3-2-4-22-13)5-14(20)17-7-10-6-16-8-12(10)19/h2-4,10,12,16,19H,5-8H2,1H3,(H,17,20). The number of nitrogens with one attached hydrogen (secondary N) is 2. The van der Waals surface area contributed by atoms with E-state index in [0.29, 0.717) is 30.4 Å². The van der Waals surface area contributed by atoms with E-state index >= 15 is 0 Å². The van der Waals surface area contributed by atoms with Crippen LogP contribution in [0.15, 0.2) is 21.9 Å². The molecule has 1 saturated heterocycles. The van der Waals surface area contributed by atoms with Gasteiger partial charge in [-0.1, -0.05) is 6.07 Å². The molecule has 3 rings (SSSR count). The first-order valence-electron chi connectivity index (χ1n) is 7.29. The highest BCUT2D eigenvalue weighted by atomic mass is 32.1. The van der Waals surface area contributed by atoms with Crippen LogP contribution in [0.2, 0.25) is 0 Å². The van der Waals surface area contributed by atoms with Crippen LogP contribution in [0.1, 0.15) is 11.5 Å². The molecule has 6 nitrogen and oxygen atoms in total. The third-order valence-corrected chi connectivity index (χ3v) is 4.68. The number of hydrogen-bond acceptors (Lipinski definition) is 6. The number of aromatic nitrogens is 1. The maximum atomic E-state index is 12.0. The fraction of sp³-hybridized carbons (Fsp3) is 0.467. The summed E-state index contributed by atoms with van der Waals surface area (Å²) >= 11 is 1.55. The molecule has 0 aromatic carbocycles. The summed E-state index contributed by atoms with van der Waals surface area (Å²) in [6.07, 6.45) is -0.198. The highest BCUT2D eigenvalue weighted by Crippen LogP contribution is 2.26. The lowest BCUT2D eigenvalue weighted by Gasteiger charge is -2.13. The Hall–Kier alpha value is -1.70. The zero-order valence-electron chi connectivity index (χ0n) is 12.3. The normalized spacial score (nSPS) is 21.2. The molecule has 0 radical (unpaired) electrons. The van der Waals surface area contributed by atoms with Gasteiger partial charge >= 0.3 is 0 Å². The number of β-amino-alcohol motifs (C(OH)–C–C–N with tert-alkyl or cyclic N) is 1. The summed E-state index contributed by atoms with van der Waals surface area (Å²) in [7, 11) is 0. The molecule has 118 valence electrons. The molecule has 0 saturated carbocycles. The van der Waals surface area contributed by atoms with E-state index in [1.807, 2.05) is 24.4 Å². The fourth-order valence-electron chi connectivity index (χ4n) is 2.48. The minimum Gasteiger partial charge on any atom is -0.440 e. The Bertz CT molecular complexity index is 639. The van der Waals surface area contributed by atoms with Crippen molar-refractivity contribution in [3.63, 3.8) is 0 Å². The fourth-order valence-corrected chi connectivity index (χ4v) is 3.13. The Balaban J connectivity index is 1.57. The van der Waals surface area contributed by atoms with Crippen molar-refractivity contribution < 1.29 is 14.3 Å². The van der Waals surface area contributed by atoms with E-state index in [9.17, 15) is 9.90 Å². The number of carbonyl (C=O) groups is 1. The van der Waals surface area contributed by atoms with Crippen molar-refractivity contribution in [3.05, 3.63) is 29.0 Å². The van der Waals surface area contributed by atoms with Crippen molar-refractivity contribution in [1.82, 2.24) is 15.6 Å². The first-order chi connectivity index (χ1) is 10.6. The molecule has 7 heteroatoms. The lowest BCUT2D eigenvalue weighted by Crippen LogP contribution is -2.35. The molecule has 0 bridgehead atoms. The summed E-state index contributed by atoms with van der Waals surface area (Å²) in [6.45, 7) is 3.61. The molecule has 22 heavy (non-hydrogen) atoms. The van der Waals surface area contributed by atoms with Crippen LogP contribution in [-0.2, 0) is 11.2 Å². The largest absolute Gasteiger partial charge is 0.440 e. The van der Waals surface area contributed by atoms with Gasteiger partial charge in [-0.3, -0.25) is 4.79 Å². The van der Waals surface area contributed by atoms with Gasteiger partial charge in [0.25, 0.3) is 0 Å². The van der Waals surface area contributed by atoms with E-state index in [4.69, 9.17) is 4.42 Å². The Morgan fingerprint density at radius 2 is 2.45 bits per heavy atom. The minimum atomic E-state index is -0.389. The molecule has 1 aliphatic rings. The predicted molar refractivity (Wildman–Crippen MR) is 83.6 cm³/mol. The Kier molecular flexibility index (Phi) is 4.56. The molecule has 0 aliphatic carbocycles. The van der Waals surface area contributed by atoms with Gasteiger partial charge < -0.3 is 20.2 Å². The van der Waals surface area contributed by atoms with Gasteiger partial charge in [-0.25, -0.2) is 4.98 Å². The van der Waals surface area contributed by atoms with Gasteiger partial charge in [0.05, 0.1) is 23.1 Å². The van der Waals surface area contributed by atoms with Crippen LogP contribution in [0.4, 0.5) is 0 Å². The molecule has 3 heterocycles. The molecule has 2 aromatic heterocycles. The number of aliphatic hydroxyl groups is 1. The zero-order valence-corrected chi connectivity index (χ0v) is 13.2. The molecular formula is C15H19N3O3S. The van der Waals surface area contributed by atoms with Crippen molar-refractivity contribution in [2.24, 2.45) is 5.92 Å². The van der Waals surface area contributed by atoms with Gasteiger partial charge in [0.2, 0.25) is 11.8 Å². The molecule has 2 aromatic rings. The van der Waals surface area contributed by atoms with Crippen LogP contribution in [-0.4, -0.2) is 41.7 Å². The highest BCUT2D eigenvalue weighted by molar-refractivity contribution is 7.13. The number of nitrogens with zero attached hydrogens (tertiary/aromatic N) is 1. The maximum Gasteiger partial charge on any atom is 0.236 e. The summed E-state index contributed by atoms with van der Waals surface area (Å²) < 4.78 is 5.62. The number of hydrogen-bond donors (Lipinski definition) is 3. The van der Waals surface area contributed by atoms with E-state index in [1.54, 1.807) is 11.3 Å². The van der Waals surface area contributed by atoms with Gasteiger partial charge in [0, 0.05) is 25.6 Å². The first kappa shape index (κ1) is 15.2. The van der Waals surface area contributed by atoms with Gasteiger partial charge in [0.1, 0.15) is 5.76 Å². The van der Waals surface area contributed by atoms with Crippen LogP contribution in [0.3, 0.4) is 0 Å². The van der Waals surface area contributed by atoms with Gasteiger partial charge in [0.15, 0.2) is 0 Å². The number of aryl methyl sites for hydroxylation is 1. The van der Waals surface area contributed by atoms with Crippen LogP contribution < -0.4 is 10.6 Å². The number of thiophene rings is 1. The van der Waals surface area contributed by atoms with E-state index in [1.165, 1.54) is 0 Å².